The highest BCUT2D eigenvalue weighted by Crippen LogP contribution is 2.34. The molecule has 2 fully saturated rings. The van der Waals surface area contributed by atoms with Crippen molar-refractivity contribution >= 4 is 9.84 Å². The molecule has 1 atom stereocenters. The Hall–Kier alpha value is -0.880. The van der Waals surface area contributed by atoms with Gasteiger partial charge in [0.15, 0.2) is 9.84 Å². The lowest BCUT2D eigenvalue weighted by Crippen LogP contribution is -2.37. The second kappa shape index (κ2) is 4.59. The molecular formula is C13H20N2O3S. The van der Waals surface area contributed by atoms with Crippen LogP contribution in [-0.4, -0.2) is 42.1 Å². The Labute approximate surface area is 113 Å². The van der Waals surface area contributed by atoms with Crippen molar-refractivity contribution < 1.29 is 12.9 Å². The number of hydrogen-bond acceptors (Lipinski definition) is 5. The monoisotopic (exact) mass is 284 g/mol. The van der Waals surface area contributed by atoms with Gasteiger partial charge < -0.3 is 4.52 Å². The summed E-state index contributed by atoms with van der Waals surface area (Å²) in [6.07, 6.45) is 3.13. The highest BCUT2D eigenvalue weighted by atomic mass is 32.2. The molecule has 1 saturated heterocycles. The van der Waals surface area contributed by atoms with Crippen LogP contribution in [0.4, 0.5) is 0 Å². The van der Waals surface area contributed by atoms with Crippen molar-refractivity contribution in [2.24, 2.45) is 0 Å². The van der Waals surface area contributed by atoms with Crippen molar-refractivity contribution in [2.45, 2.75) is 51.7 Å². The first kappa shape index (κ1) is 13.1. The Kier molecular flexibility index (Phi) is 3.17. The molecule has 2 heterocycles. The van der Waals surface area contributed by atoms with Gasteiger partial charge in [-0.05, 0) is 33.1 Å². The molecule has 2 aliphatic rings. The van der Waals surface area contributed by atoms with Gasteiger partial charge >= 0.3 is 0 Å². The molecule has 0 radical (unpaired) electrons. The lowest BCUT2D eigenvalue weighted by molar-refractivity contribution is 0.191. The van der Waals surface area contributed by atoms with E-state index in [4.69, 9.17) is 4.52 Å². The summed E-state index contributed by atoms with van der Waals surface area (Å²) in [4.78, 5) is 2.36. The van der Waals surface area contributed by atoms with E-state index in [2.05, 4.69) is 10.1 Å². The molecule has 1 aliphatic heterocycles. The zero-order valence-corrected chi connectivity index (χ0v) is 12.2. The first-order valence-electron chi connectivity index (χ1n) is 6.84. The smallest absolute Gasteiger partial charge is 0.151 e. The van der Waals surface area contributed by atoms with Crippen LogP contribution in [-0.2, 0) is 16.4 Å². The first-order valence-corrected chi connectivity index (χ1v) is 8.66. The van der Waals surface area contributed by atoms with Crippen molar-refractivity contribution in [1.82, 2.24) is 10.1 Å². The molecule has 0 spiro atoms. The Morgan fingerprint density at radius 2 is 2.00 bits per heavy atom. The van der Waals surface area contributed by atoms with Gasteiger partial charge in [-0.25, -0.2) is 8.42 Å². The summed E-state index contributed by atoms with van der Waals surface area (Å²) >= 11 is 0. The molecule has 5 nitrogen and oxygen atoms in total. The van der Waals surface area contributed by atoms with Crippen LogP contribution in [0.15, 0.2) is 4.52 Å². The maximum Gasteiger partial charge on any atom is 0.151 e. The molecule has 0 unspecified atom stereocenters. The van der Waals surface area contributed by atoms with Crippen LogP contribution in [0.1, 0.15) is 36.3 Å². The second-order valence-electron chi connectivity index (χ2n) is 5.76. The van der Waals surface area contributed by atoms with Gasteiger partial charge in [0.25, 0.3) is 0 Å². The van der Waals surface area contributed by atoms with Crippen molar-refractivity contribution in [3.63, 3.8) is 0 Å². The molecular weight excluding hydrogens is 264 g/mol. The van der Waals surface area contributed by atoms with E-state index in [-0.39, 0.29) is 6.04 Å². The molecule has 0 N–H and O–H groups in total. The lowest BCUT2D eigenvalue weighted by Gasteiger charge is -2.27. The number of aryl methyl sites for hydroxylation is 2. The van der Waals surface area contributed by atoms with Crippen molar-refractivity contribution in [3.05, 3.63) is 17.0 Å². The number of aromatic nitrogens is 1. The summed E-state index contributed by atoms with van der Waals surface area (Å²) in [5.74, 6) is 1.50. The van der Waals surface area contributed by atoms with E-state index in [1.54, 1.807) is 0 Å². The normalized spacial score (nSPS) is 26.2. The van der Waals surface area contributed by atoms with Crippen LogP contribution in [0.3, 0.4) is 0 Å². The average molecular weight is 284 g/mol. The highest BCUT2D eigenvalue weighted by molar-refractivity contribution is 7.91. The van der Waals surface area contributed by atoms with E-state index in [1.807, 2.05) is 13.8 Å². The van der Waals surface area contributed by atoms with Gasteiger partial charge in [-0.3, -0.25) is 4.90 Å². The third-order valence-electron chi connectivity index (χ3n) is 4.22. The van der Waals surface area contributed by atoms with Crippen molar-refractivity contribution in [3.8, 4) is 0 Å². The van der Waals surface area contributed by atoms with Gasteiger partial charge in [0, 0.05) is 24.2 Å². The summed E-state index contributed by atoms with van der Waals surface area (Å²) in [6.45, 7) is 4.64. The maximum atomic E-state index is 11.7. The second-order valence-corrected chi connectivity index (χ2v) is 7.99. The molecule has 19 heavy (non-hydrogen) atoms. The minimum atomic E-state index is -2.83. The zero-order chi connectivity index (χ0) is 13.6. The van der Waals surface area contributed by atoms with E-state index in [9.17, 15) is 8.42 Å². The van der Waals surface area contributed by atoms with Crippen LogP contribution < -0.4 is 0 Å². The number of sulfone groups is 1. The SMILES string of the molecule is Cc1noc(C)c1CN(C1CC1)[C@H]1CCS(=O)(=O)C1. The minimum absolute atomic E-state index is 0.172. The molecule has 0 aromatic carbocycles. The van der Waals surface area contributed by atoms with E-state index in [1.165, 1.54) is 12.8 Å². The van der Waals surface area contributed by atoms with Gasteiger partial charge in [0.2, 0.25) is 0 Å². The average Bonchev–Trinajstić information content (AvgIpc) is 3.05. The summed E-state index contributed by atoms with van der Waals surface area (Å²) in [6, 6.07) is 0.721. The van der Waals surface area contributed by atoms with Crippen LogP contribution in [0.5, 0.6) is 0 Å². The summed E-state index contributed by atoms with van der Waals surface area (Å²) in [5.41, 5.74) is 2.04. The van der Waals surface area contributed by atoms with Gasteiger partial charge in [-0.2, -0.15) is 0 Å². The Morgan fingerprint density at radius 1 is 1.26 bits per heavy atom. The Morgan fingerprint density at radius 3 is 2.47 bits per heavy atom. The standard InChI is InChI=1S/C13H20N2O3S/c1-9-13(10(2)18-14-9)7-15(11-3-4-11)12-5-6-19(16,17)8-12/h11-12H,3-8H2,1-2H3/t12-/m0/s1. The molecule has 1 aromatic heterocycles. The fourth-order valence-corrected chi connectivity index (χ4v) is 4.65. The van der Waals surface area contributed by atoms with Gasteiger partial charge in [-0.15, -0.1) is 0 Å². The highest BCUT2D eigenvalue weighted by Gasteiger charge is 2.40. The number of hydrogen-bond donors (Lipinski definition) is 0. The number of nitrogens with zero attached hydrogens (tertiary/aromatic N) is 2. The van der Waals surface area contributed by atoms with Crippen LogP contribution in [0.2, 0.25) is 0 Å². The van der Waals surface area contributed by atoms with Crippen LogP contribution in [0, 0.1) is 13.8 Å². The van der Waals surface area contributed by atoms with Gasteiger partial charge in [0.05, 0.1) is 17.2 Å². The van der Waals surface area contributed by atoms with Gasteiger partial charge in [-0.1, -0.05) is 5.16 Å². The van der Waals surface area contributed by atoms with E-state index >= 15 is 0 Å². The Balaban J connectivity index is 1.79. The van der Waals surface area contributed by atoms with Crippen LogP contribution in [0.25, 0.3) is 0 Å². The zero-order valence-electron chi connectivity index (χ0n) is 11.4. The molecule has 3 rings (SSSR count). The molecule has 1 aromatic rings. The summed E-state index contributed by atoms with van der Waals surface area (Å²) in [7, 11) is -2.83. The summed E-state index contributed by atoms with van der Waals surface area (Å²) in [5, 5.41) is 3.98. The van der Waals surface area contributed by atoms with Gasteiger partial charge in [0.1, 0.15) is 5.76 Å². The summed E-state index contributed by atoms with van der Waals surface area (Å²) < 4.78 is 28.5. The fourth-order valence-electron chi connectivity index (χ4n) is 2.91. The molecule has 0 bridgehead atoms. The predicted molar refractivity (Wildman–Crippen MR) is 71.6 cm³/mol. The molecule has 1 aliphatic carbocycles. The third kappa shape index (κ3) is 2.69. The van der Waals surface area contributed by atoms with E-state index in [0.29, 0.717) is 17.5 Å². The van der Waals surface area contributed by atoms with Crippen molar-refractivity contribution in [1.29, 1.82) is 0 Å². The van der Waals surface area contributed by atoms with Crippen molar-refractivity contribution in [2.75, 3.05) is 11.5 Å². The Bertz CT molecular complexity index is 555. The minimum Gasteiger partial charge on any atom is -0.361 e. The number of rotatable bonds is 4. The lowest BCUT2D eigenvalue weighted by atomic mass is 10.1. The maximum absolute atomic E-state index is 11.7. The largest absolute Gasteiger partial charge is 0.361 e. The fraction of sp³-hybridized carbons (Fsp3) is 0.769. The molecule has 6 heteroatoms. The predicted octanol–water partition coefficient (Wildman–Crippen LogP) is 1.44. The molecule has 1 saturated carbocycles. The van der Waals surface area contributed by atoms with Crippen LogP contribution >= 0.6 is 0 Å². The topological polar surface area (TPSA) is 63.4 Å². The third-order valence-corrected chi connectivity index (χ3v) is 5.97. The first-order chi connectivity index (χ1) is 8.96. The molecule has 106 valence electrons. The van der Waals surface area contributed by atoms with E-state index < -0.39 is 9.84 Å². The quantitative estimate of drug-likeness (QED) is 0.837. The molecule has 0 amide bonds. The van der Waals surface area contributed by atoms with E-state index in [0.717, 1.165) is 30.0 Å².